The Morgan fingerprint density at radius 2 is 0.841 bits per heavy atom. The fraction of sp³-hybridized carbons (Fsp3) is 0.0714. The van der Waals surface area contributed by atoms with Crippen LogP contribution in [0.3, 0.4) is 0 Å². The number of nitrogens with zero attached hydrogens (tertiary/aromatic N) is 2. The van der Waals surface area contributed by atoms with Gasteiger partial charge >= 0.3 is 0 Å². The Bertz CT molecular complexity index is 5040. The molecule has 0 radical (unpaired) electrons. The van der Waals surface area contributed by atoms with Gasteiger partial charge in [-0.15, -0.1) is 0 Å². The van der Waals surface area contributed by atoms with E-state index in [0.717, 1.165) is 117 Å². The van der Waals surface area contributed by atoms with Crippen molar-refractivity contribution in [3.8, 4) is 89.0 Å². The van der Waals surface area contributed by atoms with Crippen LogP contribution in [0.15, 0.2) is 303 Å². The first-order valence-electron chi connectivity index (χ1n) is 33.1. The van der Waals surface area contributed by atoms with Crippen molar-refractivity contribution in [3.63, 3.8) is 0 Å². The number of fused-ring (bicyclic) bond motifs is 7. The molecule has 0 saturated heterocycles. The van der Waals surface area contributed by atoms with Gasteiger partial charge in [0.25, 0.3) is 6.71 Å². The quantitative estimate of drug-likeness (QED) is 0.133. The van der Waals surface area contributed by atoms with Crippen molar-refractivity contribution in [2.45, 2.75) is 39.3 Å². The van der Waals surface area contributed by atoms with Crippen LogP contribution in [0.2, 0.25) is 13.1 Å². The highest BCUT2D eigenvalue weighted by molar-refractivity contribution is 7.04. The molecule has 2 nitrogen and oxygen atoms in total. The van der Waals surface area contributed by atoms with E-state index < -0.39 is 14.1 Å². The molecule has 0 unspecified atom stereocenters. The van der Waals surface area contributed by atoms with Crippen molar-refractivity contribution >= 4 is 75.7 Å². The molecule has 13 aromatic rings. The third kappa shape index (κ3) is 8.84. The van der Waals surface area contributed by atoms with Gasteiger partial charge in [-0.05, 0) is 158 Å². The van der Waals surface area contributed by atoms with Crippen molar-refractivity contribution in [1.82, 2.24) is 0 Å². The fourth-order valence-electron chi connectivity index (χ4n) is 14.4. The van der Waals surface area contributed by atoms with Crippen LogP contribution in [0, 0.1) is 0 Å². The van der Waals surface area contributed by atoms with Gasteiger partial charge in [0.2, 0.25) is 0 Å². The second kappa shape index (κ2) is 21.0. The maximum absolute atomic E-state index is 9.52. The van der Waals surface area contributed by atoms with E-state index in [2.05, 4.69) is 311 Å². The predicted octanol–water partition coefficient (Wildman–Crippen LogP) is 19.5. The standard InChI is InChI=1S/C84H65BN2Si/c1-84(2,3)67-37-23-36-61(49-67)62-45-47-75-74(52-62)85-73-46-44-63(56-26-11-6-12-27-56)53-76(73)87(83-70(59-32-17-9-18-33-59)40-24-41-71(83)60-34-19-10-20-35-60)78-55-66(69-39-25-43-80-81(69)72-38-21-22-42-79(72)88(80,4)5)54-77(82(78)85)86(75)68-50-64(57-28-13-7-14-29-57)48-65(51-68)58-30-15-8-16-31-58/h6-55H,1-5H3/i6D,11D,12D,26D,27D. The van der Waals surface area contributed by atoms with Gasteiger partial charge in [0.1, 0.15) is 8.07 Å². The first-order chi connectivity index (χ1) is 45.1. The van der Waals surface area contributed by atoms with E-state index in [4.69, 9.17) is 4.11 Å². The molecule has 0 bridgehead atoms. The highest BCUT2D eigenvalue weighted by Crippen LogP contribution is 2.53. The number of hydrogen-bond donors (Lipinski definition) is 0. The Morgan fingerprint density at radius 1 is 0.341 bits per heavy atom. The minimum atomic E-state index is -2.19. The van der Waals surface area contributed by atoms with Crippen molar-refractivity contribution in [2.24, 2.45) is 0 Å². The van der Waals surface area contributed by atoms with Gasteiger partial charge < -0.3 is 9.80 Å². The van der Waals surface area contributed by atoms with E-state index in [9.17, 15) is 2.74 Å². The first kappa shape index (κ1) is 47.9. The molecule has 0 spiro atoms. The monoisotopic (exact) mass is 1150 g/mol. The molecule has 13 aromatic carbocycles. The summed E-state index contributed by atoms with van der Waals surface area (Å²) >= 11 is 0. The zero-order valence-corrected chi connectivity index (χ0v) is 51.0. The SMILES string of the molecule is [2H]c1c([2H])c([2H])c(-c2ccc3c(c2)N(c2c(-c4ccccc4)cccc2-c2ccccc2)c2cc(-c4cccc5c4-c4ccccc4[Si]5(C)C)cc4c2B3c2cc(-c3cccc(C(C)(C)C)c3)ccc2N4c2cc(-c3ccccc3)cc(-c3ccccc3)c2)c([2H])c1[2H]. The fourth-order valence-corrected chi connectivity index (χ4v) is 17.5. The van der Waals surface area contributed by atoms with E-state index in [1.807, 2.05) is 6.07 Å². The van der Waals surface area contributed by atoms with Gasteiger partial charge in [0.05, 0.1) is 12.5 Å². The van der Waals surface area contributed by atoms with Crippen LogP contribution in [0.5, 0.6) is 0 Å². The average Bonchev–Trinajstić information content (AvgIpc) is 0.785. The molecule has 88 heavy (non-hydrogen) atoms. The summed E-state index contributed by atoms with van der Waals surface area (Å²) in [4.78, 5) is 5.02. The summed E-state index contributed by atoms with van der Waals surface area (Å²) in [6.07, 6.45) is 0. The molecular weight excluding hydrogens is 1080 g/mol. The van der Waals surface area contributed by atoms with Crippen LogP contribution in [0.4, 0.5) is 34.1 Å². The second-order valence-electron chi connectivity index (χ2n) is 25.2. The Morgan fingerprint density at radius 3 is 1.49 bits per heavy atom. The van der Waals surface area contributed by atoms with E-state index in [1.165, 1.54) is 27.1 Å². The van der Waals surface area contributed by atoms with Gasteiger partial charge in [-0.1, -0.05) is 295 Å². The van der Waals surface area contributed by atoms with E-state index in [0.29, 0.717) is 5.56 Å². The van der Waals surface area contributed by atoms with Crippen molar-refractivity contribution in [2.75, 3.05) is 9.80 Å². The number of benzene rings is 13. The van der Waals surface area contributed by atoms with Crippen LogP contribution in [0.25, 0.3) is 89.0 Å². The normalized spacial score (nSPS) is 14.1. The molecule has 0 atom stereocenters. The Labute approximate surface area is 526 Å². The van der Waals surface area contributed by atoms with Gasteiger partial charge in [0.15, 0.2) is 0 Å². The molecule has 0 amide bonds. The van der Waals surface area contributed by atoms with Crippen LogP contribution in [-0.4, -0.2) is 14.8 Å². The molecule has 0 N–H and O–H groups in total. The first-order valence-corrected chi connectivity index (χ1v) is 33.6. The Hall–Kier alpha value is -10.3. The average molecular weight is 1150 g/mol. The van der Waals surface area contributed by atoms with Crippen LogP contribution in [0.1, 0.15) is 33.2 Å². The number of hydrogen-bond acceptors (Lipinski definition) is 2. The minimum Gasteiger partial charge on any atom is -0.311 e. The van der Waals surface area contributed by atoms with Crippen LogP contribution in [-0.2, 0) is 5.41 Å². The topological polar surface area (TPSA) is 6.48 Å². The summed E-state index contributed by atoms with van der Waals surface area (Å²) in [6, 6.07) is 98.0. The summed E-state index contributed by atoms with van der Waals surface area (Å²) in [5.74, 6) is 0. The summed E-state index contributed by atoms with van der Waals surface area (Å²) in [7, 11) is -2.19. The lowest BCUT2D eigenvalue weighted by atomic mass is 9.33. The highest BCUT2D eigenvalue weighted by atomic mass is 28.3. The largest absolute Gasteiger partial charge is 0.311 e. The maximum atomic E-state index is 9.52. The molecule has 4 heteroatoms. The Kier molecular flexibility index (Phi) is 11.4. The van der Waals surface area contributed by atoms with Gasteiger partial charge in [-0.25, -0.2) is 0 Å². The molecule has 0 saturated carbocycles. The molecule has 418 valence electrons. The molecule has 3 aliphatic heterocycles. The lowest BCUT2D eigenvalue weighted by Gasteiger charge is -2.45. The van der Waals surface area contributed by atoms with E-state index in [1.54, 1.807) is 0 Å². The summed E-state index contributed by atoms with van der Waals surface area (Å²) in [5.41, 5.74) is 26.4. The molecule has 0 aromatic heterocycles. The lowest BCUT2D eigenvalue weighted by molar-refractivity contribution is 0.590. The molecular formula is C84H65BN2Si. The van der Waals surface area contributed by atoms with Gasteiger partial charge in [-0.3, -0.25) is 0 Å². The van der Waals surface area contributed by atoms with Gasteiger partial charge in [0, 0.05) is 39.6 Å². The van der Waals surface area contributed by atoms with Crippen molar-refractivity contribution in [1.29, 1.82) is 0 Å². The zero-order valence-electron chi connectivity index (χ0n) is 55.0. The number of rotatable bonds is 9. The highest BCUT2D eigenvalue weighted by Gasteiger charge is 2.46. The van der Waals surface area contributed by atoms with Crippen molar-refractivity contribution in [3.05, 3.63) is 309 Å². The van der Waals surface area contributed by atoms with E-state index >= 15 is 0 Å². The third-order valence-corrected chi connectivity index (χ3v) is 22.2. The van der Waals surface area contributed by atoms with E-state index in [-0.39, 0.29) is 41.9 Å². The molecule has 16 rings (SSSR count). The zero-order chi connectivity index (χ0) is 63.6. The van der Waals surface area contributed by atoms with Crippen LogP contribution >= 0.6 is 0 Å². The maximum Gasteiger partial charge on any atom is 0.252 e. The predicted molar refractivity (Wildman–Crippen MR) is 379 cm³/mol. The molecule has 3 aliphatic rings. The minimum absolute atomic E-state index is 0.0932. The third-order valence-electron chi connectivity index (χ3n) is 18.7. The smallest absolute Gasteiger partial charge is 0.252 e. The molecule has 0 fully saturated rings. The number of para-hydroxylation sites is 1. The Balaban J connectivity index is 1.09. The summed E-state index contributed by atoms with van der Waals surface area (Å²) in [6.45, 7) is 11.4. The number of anilines is 6. The van der Waals surface area contributed by atoms with Crippen LogP contribution < -0.4 is 36.6 Å². The van der Waals surface area contributed by atoms with Crippen molar-refractivity contribution < 1.29 is 6.85 Å². The van der Waals surface area contributed by atoms with Gasteiger partial charge in [-0.2, -0.15) is 0 Å². The lowest BCUT2D eigenvalue weighted by Crippen LogP contribution is -2.61. The second-order valence-corrected chi connectivity index (χ2v) is 29.6. The molecule has 0 aliphatic carbocycles. The molecule has 3 heterocycles. The summed E-state index contributed by atoms with van der Waals surface area (Å²) < 4.78 is 45.8. The summed E-state index contributed by atoms with van der Waals surface area (Å²) in [5, 5.41) is 2.84.